The minimum absolute atomic E-state index is 0.0984. The van der Waals surface area contributed by atoms with Crippen LogP contribution >= 0.6 is 11.8 Å². The fraction of sp³-hybridized carbons (Fsp3) is 0.0714. The molecule has 0 spiro atoms. The maximum absolute atomic E-state index is 13.1. The molecule has 21 heavy (non-hydrogen) atoms. The molecule has 0 amide bonds. The molecule has 0 aliphatic carbocycles. The van der Waals surface area contributed by atoms with E-state index in [1.165, 1.54) is 18.2 Å². The number of carbonyl (C=O) groups is 1. The Hall–Kier alpha value is -2.41. The zero-order chi connectivity index (χ0) is 15.4. The minimum Gasteiger partial charge on any atom is -0.507 e. The minimum atomic E-state index is -0.633. The average molecular weight is 307 g/mol. The number of carbonyl (C=O) groups excluding carboxylic acids is 1. The number of phenols is 1. The smallest absolute Gasteiger partial charge is 0.282 e. The van der Waals surface area contributed by atoms with E-state index >= 15 is 0 Å². The Morgan fingerprint density at radius 2 is 2.00 bits per heavy atom. The molecule has 2 aromatic rings. The molecule has 1 N–H and O–H groups in total. The summed E-state index contributed by atoms with van der Waals surface area (Å²) >= 11 is 0.968. The average Bonchev–Trinajstić information content (AvgIpc) is 2.47. The number of aromatic hydroxyl groups is 1. The van der Waals surface area contributed by atoms with E-state index in [1.807, 2.05) is 0 Å². The Balaban J connectivity index is 2.15. The van der Waals surface area contributed by atoms with Gasteiger partial charge in [0.15, 0.2) is 5.78 Å². The Morgan fingerprint density at radius 1 is 1.29 bits per heavy atom. The van der Waals surface area contributed by atoms with Gasteiger partial charge in [0, 0.05) is 6.07 Å². The molecule has 0 heterocycles. The van der Waals surface area contributed by atoms with Crippen LogP contribution in [0, 0.1) is 15.9 Å². The molecular formula is C14H10FNO4S. The number of hydrogen-bond donors (Lipinski definition) is 1. The van der Waals surface area contributed by atoms with Crippen molar-refractivity contribution in [1.29, 1.82) is 0 Å². The predicted molar refractivity (Wildman–Crippen MR) is 76.2 cm³/mol. The van der Waals surface area contributed by atoms with E-state index in [0.717, 1.165) is 30.0 Å². The first-order valence-corrected chi connectivity index (χ1v) is 6.85. The van der Waals surface area contributed by atoms with Crippen LogP contribution in [-0.2, 0) is 0 Å². The van der Waals surface area contributed by atoms with Gasteiger partial charge < -0.3 is 5.11 Å². The van der Waals surface area contributed by atoms with Crippen LogP contribution in [-0.4, -0.2) is 21.6 Å². The normalized spacial score (nSPS) is 10.3. The number of nitro groups is 1. The SMILES string of the molecule is O=C(CSc1ccccc1[N+](=O)[O-])c1cc(F)ccc1O. The van der Waals surface area contributed by atoms with Gasteiger partial charge in [0.05, 0.1) is 21.1 Å². The van der Waals surface area contributed by atoms with Crippen molar-refractivity contribution >= 4 is 23.2 Å². The highest BCUT2D eigenvalue weighted by Gasteiger charge is 2.17. The van der Waals surface area contributed by atoms with Gasteiger partial charge in [-0.3, -0.25) is 14.9 Å². The van der Waals surface area contributed by atoms with Crippen molar-refractivity contribution in [2.24, 2.45) is 0 Å². The summed E-state index contributed by atoms with van der Waals surface area (Å²) in [6, 6.07) is 9.10. The van der Waals surface area contributed by atoms with Gasteiger partial charge in [-0.1, -0.05) is 12.1 Å². The number of ketones is 1. The Kier molecular flexibility index (Phi) is 4.54. The molecule has 7 heteroatoms. The number of hydrogen-bond acceptors (Lipinski definition) is 5. The number of Topliss-reactive ketones (excluding diaryl/α,β-unsaturated/α-hetero) is 1. The number of halogens is 1. The molecule has 2 aromatic carbocycles. The van der Waals surface area contributed by atoms with Crippen molar-refractivity contribution in [3.63, 3.8) is 0 Å². The van der Waals surface area contributed by atoms with Crippen LogP contribution in [0.5, 0.6) is 5.75 Å². The molecule has 5 nitrogen and oxygen atoms in total. The second-order valence-corrected chi connectivity index (χ2v) is 5.12. The van der Waals surface area contributed by atoms with Crippen LogP contribution in [0.15, 0.2) is 47.4 Å². The summed E-state index contributed by atoms with van der Waals surface area (Å²) in [5, 5.41) is 20.4. The number of phenolic OH excluding ortho intramolecular Hbond substituents is 1. The van der Waals surface area contributed by atoms with Crippen LogP contribution in [0.25, 0.3) is 0 Å². The monoisotopic (exact) mass is 307 g/mol. The van der Waals surface area contributed by atoms with E-state index in [0.29, 0.717) is 4.90 Å². The van der Waals surface area contributed by atoms with Gasteiger partial charge in [0.2, 0.25) is 0 Å². The molecule has 0 aliphatic rings. The first-order chi connectivity index (χ1) is 9.99. The maximum Gasteiger partial charge on any atom is 0.282 e. The standard InChI is InChI=1S/C14H10FNO4S/c15-9-5-6-12(17)10(7-9)13(18)8-21-14-4-2-1-3-11(14)16(19)20/h1-7,17H,8H2. The van der Waals surface area contributed by atoms with E-state index in [9.17, 15) is 24.4 Å². The second kappa shape index (κ2) is 6.36. The van der Waals surface area contributed by atoms with Crippen molar-refractivity contribution in [3.8, 4) is 5.75 Å². The highest BCUT2D eigenvalue weighted by atomic mass is 32.2. The topological polar surface area (TPSA) is 80.4 Å². The first kappa shape index (κ1) is 15.0. The Morgan fingerprint density at radius 3 is 2.71 bits per heavy atom. The van der Waals surface area contributed by atoms with Crippen molar-refractivity contribution in [1.82, 2.24) is 0 Å². The largest absolute Gasteiger partial charge is 0.507 e. The molecule has 0 atom stereocenters. The molecule has 0 saturated heterocycles. The van der Waals surface area contributed by atoms with Crippen LogP contribution in [0.4, 0.5) is 10.1 Å². The van der Waals surface area contributed by atoms with Gasteiger partial charge in [-0.05, 0) is 24.3 Å². The van der Waals surface area contributed by atoms with Crippen molar-refractivity contribution in [3.05, 3.63) is 64.0 Å². The molecule has 0 saturated carbocycles. The lowest BCUT2D eigenvalue weighted by Gasteiger charge is -2.04. The van der Waals surface area contributed by atoms with Crippen LogP contribution < -0.4 is 0 Å². The van der Waals surface area contributed by atoms with E-state index in [-0.39, 0.29) is 22.8 Å². The first-order valence-electron chi connectivity index (χ1n) is 5.87. The second-order valence-electron chi connectivity index (χ2n) is 4.10. The summed E-state index contributed by atoms with van der Waals surface area (Å²) in [6.45, 7) is 0. The van der Waals surface area contributed by atoms with Crippen LogP contribution in [0.2, 0.25) is 0 Å². The fourth-order valence-corrected chi connectivity index (χ4v) is 2.59. The molecule has 2 rings (SSSR count). The molecule has 0 bridgehead atoms. The summed E-state index contributed by atoms with van der Waals surface area (Å²) in [5.41, 5.74) is -0.236. The Labute approximate surface area is 123 Å². The highest BCUT2D eigenvalue weighted by molar-refractivity contribution is 8.00. The van der Waals surface area contributed by atoms with Crippen molar-refractivity contribution in [2.75, 3.05) is 5.75 Å². The van der Waals surface area contributed by atoms with Gasteiger partial charge in [0.25, 0.3) is 5.69 Å². The van der Waals surface area contributed by atoms with Gasteiger partial charge >= 0.3 is 0 Å². The van der Waals surface area contributed by atoms with Gasteiger partial charge in [-0.2, -0.15) is 0 Å². The third kappa shape index (κ3) is 3.57. The van der Waals surface area contributed by atoms with E-state index in [1.54, 1.807) is 6.07 Å². The lowest BCUT2D eigenvalue weighted by Crippen LogP contribution is -2.04. The number of para-hydroxylation sites is 1. The van der Waals surface area contributed by atoms with Crippen molar-refractivity contribution in [2.45, 2.75) is 4.90 Å². The molecule has 0 aliphatic heterocycles. The van der Waals surface area contributed by atoms with Crippen LogP contribution in [0.1, 0.15) is 10.4 Å². The molecule has 0 fully saturated rings. The third-order valence-corrected chi connectivity index (χ3v) is 3.74. The number of thioether (sulfide) groups is 1. The van der Waals surface area contributed by atoms with Crippen LogP contribution in [0.3, 0.4) is 0 Å². The molecule has 0 radical (unpaired) electrons. The summed E-state index contributed by atoms with van der Waals surface area (Å²) in [4.78, 5) is 22.6. The number of rotatable bonds is 5. The quantitative estimate of drug-likeness (QED) is 0.396. The third-order valence-electron chi connectivity index (χ3n) is 2.68. The highest BCUT2D eigenvalue weighted by Crippen LogP contribution is 2.30. The molecule has 108 valence electrons. The van der Waals surface area contributed by atoms with Gasteiger partial charge in [0.1, 0.15) is 11.6 Å². The lowest BCUT2D eigenvalue weighted by atomic mass is 10.1. The summed E-state index contributed by atoms with van der Waals surface area (Å²) in [5.74, 6) is -1.59. The fourth-order valence-electron chi connectivity index (χ4n) is 1.68. The van der Waals surface area contributed by atoms with Crippen molar-refractivity contribution < 1.29 is 19.2 Å². The summed E-state index contributed by atoms with van der Waals surface area (Å²) in [7, 11) is 0. The molecule has 0 aromatic heterocycles. The van der Waals surface area contributed by atoms with Gasteiger partial charge in [-0.25, -0.2) is 4.39 Å². The van der Waals surface area contributed by atoms with Gasteiger partial charge in [-0.15, -0.1) is 11.8 Å². The predicted octanol–water partition coefficient (Wildman–Crippen LogP) is 3.41. The van der Waals surface area contributed by atoms with E-state index in [4.69, 9.17) is 0 Å². The summed E-state index contributed by atoms with van der Waals surface area (Å²) in [6.07, 6.45) is 0. The number of nitro benzene ring substituents is 1. The Bertz CT molecular complexity index is 705. The van der Waals surface area contributed by atoms with E-state index in [2.05, 4.69) is 0 Å². The number of benzene rings is 2. The maximum atomic E-state index is 13.1. The number of nitrogens with zero attached hydrogens (tertiary/aromatic N) is 1. The zero-order valence-electron chi connectivity index (χ0n) is 10.7. The summed E-state index contributed by atoms with van der Waals surface area (Å²) < 4.78 is 13.1. The zero-order valence-corrected chi connectivity index (χ0v) is 11.5. The molecule has 0 unspecified atom stereocenters. The lowest BCUT2D eigenvalue weighted by molar-refractivity contribution is -0.387. The molecular weight excluding hydrogens is 297 g/mol. The van der Waals surface area contributed by atoms with E-state index < -0.39 is 16.5 Å².